The van der Waals surface area contributed by atoms with Crippen LogP contribution in [0.5, 0.6) is 0 Å². The zero-order chi connectivity index (χ0) is 23.2. The Morgan fingerprint density at radius 2 is 1.60 bits per heavy atom. The number of carboxylic acid groups (broad SMARTS) is 1. The normalized spacial score (nSPS) is 20.4. The molecule has 5 heteroatoms. The Labute approximate surface area is 157 Å². The van der Waals surface area contributed by atoms with Crippen LogP contribution in [-0.2, 0) is 4.79 Å². The van der Waals surface area contributed by atoms with Gasteiger partial charge in [0.25, 0.3) is 0 Å². The molecule has 4 N–H and O–H groups in total. The van der Waals surface area contributed by atoms with Crippen molar-refractivity contribution in [2.75, 3.05) is 0 Å². The smallest absolute Gasteiger partial charge is 0.303 e. The van der Waals surface area contributed by atoms with Crippen molar-refractivity contribution in [2.24, 2.45) is 0 Å². The summed E-state index contributed by atoms with van der Waals surface area (Å²) >= 11 is 0. The van der Waals surface area contributed by atoms with Gasteiger partial charge in [0, 0.05) is 13.3 Å². The second-order valence-electron chi connectivity index (χ2n) is 5.52. The van der Waals surface area contributed by atoms with Crippen molar-refractivity contribution in [1.29, 1.82) is 0 Å². The van der Waals surface area contributed by atoms with E-state index in [4.69, 9.17) is 12.0 Å². The van der Waals surface area contributed by atoms with Crippen LogP contribution in [-0.4, -0.2) is 44.7 Å². The lowest BCUT2D eigenvalue weighted by Crippen LogP contribution is -2.23. The quantitative estimate of drug-likeness (QED) is 0.358. The maximum atomic E-state index is 10.4. The highest BCUT2D eigenvalue weighted by molar-refractivity contribution is 5.66. The highest BCUT2D eigenvalue weighted by Crippen LogP contribution is 2.06. The largest absolute Gasteiger partial charge is 0.481 e. The molecule has 0 saturated carbocycles. The first kappa shape index (κ1) is 15.6. The Morgan fingerprint density at radius 1 is 0.960 bits per heavy atom. The molecule has 5 nitrogen and oxygen atoms in total. The highest BCUT2D eigenvalue weighted by Gasteiger charge is 2.12. The minimum atomic E-state index is -2.67. The fraction of sp³-hybridized carbons (Fsp3) is 0.550. The number of hydrogen-bond donors (Lipinski definition) is 4. The van der Waals surface area contributed by atoms with Crippen LogP contribution in [0.3, 0.4) is 0 Å². The van der Waals surface area contributed by atoms with E-state index in [9.17, 15) is 20.1 Å². The van der Waals surface area contributed by atoms with E-state index in [2.05, 4.69) is 0 Å². The monoisotopic (exact) mass is 357 g/mol. The molecule has 0 aromatic rings. The van der Waals surface area contributed by atoms with Gasteiger partial charge in [-0.2, -0.15) is 0 Å². The number of allylic oxidation sites excluding steroid dienone is 6. The van der Waals surface area contributed by atoms with Gasteiger partial charge in [-0.15, -0.1) is 0 Å². The van der Waals surface area contributed by atoms with E-state index >= 15 is 0 Å². The molecule has 0 bridgehead atoms. The van der Waals surface area contributed by atoms with Gasteiger partial charge in [-0.05, 0) is 19.3 Å². The summed E-state index contributed by atoms with van der Waals surface area (Å²) in [6.45, 7) is -2.67. The number of aliphatic hydroxyl groups is 3. The lowest BCUT2D eigenvalue weighted by atomic mass is 10.1. The summed E-state index contributed by atoms with van der Waals surface area (Å²) in [5.74, 6) is -0.945. The minimum absolute atomic E-state index is 0.0577. The molecule has 0 spiro atoms. The third-order valence-corrected chi connectivity index (χ3v) is 3.28. The standard InChI is InChI=1S/C20H32O5/c1-2-3-8-12-17(21)13-9-6-4-5-7-10-14-18(22)19(23)15-11-16-20(24)25/h4-7,9-10,13-14,17-19,21-23H,2-3,8,11-12,15-16H2,1H3,(H,24,25)/b6-4?,7-5?,13-9+,14-10?/t17-,18+,19-/m0/s1/i1D3,2D2. The van der Waals surface area contributed by atoms with Gasteiger partial charge in [-0.25, -0.2) is 0 Å². The van der Waals surface area contributed by atoms with Crippen LogP contribution in [0, 0.1) is 0 Å². The van der Waals surface area contributed by atoms with E-state index in [1.54, 1.807) is 36.5 Å². The van der Waals surface area contributed by atoms with Gasteiger partial charge in [-0.3, -0.25) is 4.79 Å². The number of aliphatic hydroxyl groups excluding tert-OH is 3. The first-order chi connectivity index (χ1) is 13.9. The van der Waals surface area contributed by atoms with E-state index in [1.165, 1.54) is 12.2 Å². The second-order valence-corrected chi connectivity index (χ2v) is 5.52. The molecule has 0 aliphatic carbocycles. The molecule has 0 aromatic carbocycles. The van der Waals surface area contributed by atoms with Crippen LogP contribution >= 0.6 is 0 Å². The molecule has 25 heavy (non-hydrogen) atoms. The Balaban J connectivity index is 4.14. The molecule has 142 valence electrons. The first-order valence-corrected chi connectivity index (χ1v) is 8.31. The molecule has 0 aliphatic rings. The molecule has 0 unspecified atom stereocenters. The van der Waals surface area contributed by atoms with Crippen LogP contribution in [0.2, 0.25) is 0 Å². The third-order valence-electron chi connectivity index (χ3n) is 3.28. The van der Waals surface area contributed by atoms with E-state index < -0.39 is 37.5 Å². The first-order valence-electron chi connectivity index (χ1n) is 10.8. The Morgan fingerprint density at radius 3 is 2.24 bits per heavy atom. The van der Waals surface area contributed by atoms with Crippen LogP contribution in [0.25, 0.3) is 0 Å². The van der Waals surface area contributed by atoms with Crippen molar-refractivity contribution in [2.45, 2.75) is 70.1 Å². The molecule has 0 amide bonds. The molecule has 0 radical (unpaired) electrons. The summed E-state index contributed by atoms with van der Waals surface area (Å²) in [5, 5.41) is 37.7. The summed E-state index contributed by atoms with van der Waals surface area (Å²) in [6, 6.07) is 0. The van der Waals surface area contributed by atoms with Crippen molar-refractivity contribution >= 4 is 5.97 Å². The van der Waals surface area contributed by atoms with Crippen LogP contribution in [0.1, 0.15) is 58.6 Å². The van der Waals surface area contributed by atoms with Crippen molar-refractivity contribution in [3.63, 3.8) is 0 Å². The molecule has 0 rings (SSSR count). The van der Waals surface area contributed by atoms with E-state index in [1.807, 2.05) is 0 Å². The van der Waals surface area contributed by atoms with Gasteiger partial charge in [0.2, 0.25) is 0 Å². The molecule has 0 heterocycles. The maximum absolute atomic E-state index is 10.4. The molecule has 0 aromatic heterocycles. The topological polar surface area (TPSA) is 98.0 Å². The van der Waals surface area contributed by atoms with Crippen molar-refractivity contribution in [3.05, 3.63) is 48.6 Å². The van der Waals surface area contributed by atoms with Gasteiger partial charge in [0.15, 0.2) is 0 Å². The summed E-state index contributed by atoms with van der Waals surface area (Å²) in [4.78, 5) is 10.4. The van der Waals surface area contributed by atoms with E-state index in [-0.39, 0.29) is 38.5 Å². The average Bonchev–Trinajstić information content (AvgIpc) is 2.62. The SMILES string of the molecule is [2H]C([2H])([2H])C([2H])([2H])CCC[C@H](O)/C=C/C=CC=CC=C[C@@H](O)[C@@H](O)CCCC(=O)O. The number of rotatable bonds is 14. The molecule has 0 saturated heterocycles. The van der Waals surface area contributed by atoms with Gasteiger partial charge in [0.05, 0.1) is 18.3 Å². The minimum Gasteiger partial charge on any atom is -0.481 e. The predicted molar refractivity (Wildman–Crippen MR) is 100 cm³/mol. The summed E-state index contributed by atoms with van der Waals surface area (Å²) in [6.07, 6.45) is 8.29. The summed E-state index contributed by atoms with van der Waals surface area (Å²) in [5.41, 5.74) is 0. The molecular formula is C20H32O5. The summed E-state index contributed by atoms with van der Waals surface area (Å²) in [7, 11) is 0. The Bertz CT molecular complexity index is 611. The van der Waals surface area contributed by atoms with Crippen molar-refractivity contribution in [3.8, 4) is 0 Å². The second kappa shape index (κ2) is 15.8. The van der Waals surface area contributed by atoms with Gasteiger partial charge >= 0.3 is 5.97 Å². The van der Waals surface area contributed by atoms with Crippen LogP contribution in [0.4, 0.5) is 0 Å². The predicted octanol–water partition coefficient (Wildman–Crippen LogP) is 3.13. The van der Waals surface area contributed by atoms with Crippen molar-refractivity contribution in [1.82, 2.24) is 0 Å². The molecule has 0 aliphatic heterocycles. The lowest BCUT2D eigenvalue weighted by molar-refractivity contribution is -0.137. The third kappa shape index (κ3) is 15.6. The van der Waals surface area contributed by atoms with Crippen LogP contribution < -0.4 is 0 Å². The molecule has 0 fully saturated rings. The number of carbonyl (C=O) groups is 1. The highest BCUT2D eigenvalue weighted by atomic mass is 16.4. The Kier molecular flexibility index (Phi) is 9.84. The van der Waals surface area contributed by atoms with Gasteiger partial charge in [-0.1, -0.05) is 74.7 Å². The van der Waals surface area contributed by atoms with Gasteiger partial charge < -0.3 is 20.4 Å². The zero-order valence-electron chi connectivity index (χ0n) is 19.3. The average molecular weight is 358 g/mol. The number of carboxylic acids is 1. The van der Waals surface area contributed by atoms with Crippen molar-refractivity contribution < 1.29 is 32.1 Å². The van der Waals surface area contributed by atoms with Gasteiger partial charge in [0.1, 0.15) is 0 Å². The number of hydrogen-bond acceptors (Lipinski definition) is 4. The molecule has 3 atom stereocenters. The Hall–Kier alpha value is -1.69. The van der Waals surface area contributed by atoms with E-state index in [0.29, 0.717) is 0 Å². The fourth-order valence-corrected chi connectivity index (χ4v) is 1.88. The van der Waals surface area contributed by atoms with E-state index in [0.717, 1.165) is 0 Å². The lowest BCUT2D eigenvalue weighted by Gasteiger charge is -2.13. The maximum Gasteiger partial charge on any atom is 0.303 e. The summed E-state index contributed by atoms with van der Waals surface area (Å²) < 4.78 is 36.4. The fourth-order valence-electron chi connectivity index (χ4n) is 1.88. The number of aliphatic carboxylic acids is 1. The molecular weight excluding hydrogens is 320 g/mol. The van der Waals surface area contributed by atoms with Crippen LogP contribution in [0.15, 0.2) is 48.6 Å². The zero-order valence-corrected chi connectivity index (χ0v) is 14.3.